The van der Waals surface area contributed by atoms with E-state index in [1.165, 1.54) is 0 Å². The lowest BCUT2D eigenvalue weighted by molar-refractivity contribution is 0.0952. The van der Waals surface area contributed by atoms with Crippen LogP contribution in [0.3, 0.4) is 0 Å². The van der Waals surface area contributed by atoms with E-state index in [2.05, 4.69) is 5.32 Å². The molecule has 4 aromatic heterocycles. The number of benzene rings is 1. The summed E-state index contributed by atoms with van der Waals surface area (Å²) in [7, 11) is 0. The standard InChI is InChI=1S/C23H18N4OS/c28-23(24-15-17-10-13-29-16-17)19-14-22(26-11-5-4-8-21(19)26)20-9-12-27(25-20)18-6-2-1-3-7-18/h1-14,16H,15H2,(H,24,28). The number of nitrogens with zero attached hydrogens (tertiary/aromatic N) is 3. The zero-order chi connectivity index (χ0) is 19.6. The van der Waals surface area contributed by atoms with Crippen LogP contribution in [0, 0.1) is 0 Å². The van der Waals surface area contributed by atoms with Crippen LogP contribution in [0.25, 0.3) is 22.6 Å². The van der Waals surface area contributed by atoms with Gasteiger partial charge in [-0.2, -0.15) is 16.4 Å². The third kappa shape index (κ3) is 3.34. The highest BCUT2D eigenvalue weighted by Crippen LogP contribution is 2.26. The maximum absolute atomic E-state index is 12.9. The molecule has 1 amide bonds. The predicted octanol–water partition coefficient (Wildman–Crippen LogP) is 4.78. The van der Waals surface area contributed by atoms with Gasteiger partial charge in [-0.25, -0.2) is 4.68 Å². The lowest BCUT2D eigenvalue weighted by atomic mass is 10.2. The number of hydrogen-bond donors (Lipinski definition) is 1. The van der Waals surface area contributed by atoms with Crippen molar-refractivity contribution in [3.8, 4) is 17.1 Å². The average molecular weight is 398 g/mol. The molecule has 1 aromatic carbocycles. The fourth-order valence-corrected chi connectivity index (χ4v) is 4.06. The molecule has 0 aliphatic carbocycles. The molecule has 6 heteroatoms. The Kier molecular flexibility index (Phi) is 4.46. The van der Waals surface area contributed by atoms with Gasteiger partial charge in [-0.3, -0.25) is 4.79 Å². The van der Waals surface area contributed by atoms with Crippen LogP contribution < -0.4 is 5.32 Å². The van der Waals surface area contributed by atoms with Crippen molar-refractivity contribution in [2.45, 2.75) is 6.54 Å². The van der Waals surface area contributed by atoms with E-state index >= 15 is 0 Å². The monoisotopic (exact) mass is 398 g/mol. The molecule has 0 radical (unpaired) electrons. The van der Waals surface area contributed by atoms with E-state index < -0.39 is 0 Å². The van der Waals surface area contributed by atoms with Crippen molar-refractivity contribution < 1.29 is 4.79 Å². The molecular formula is C23H18N4OS. The molecule has 0 saturated heterocycles. The highest BCUT2D eigenvalue weighted by atomic mass is 32.1. The third-order valence-corrected chi connectivity index (χ3v) is 5.56. The van der Waals surface area contributed by atoms with Crippen molar-refractivity contribution >= 4 is 22.8 Å². The SMILES string of the molecule is O=C(NCc1ccsc1)c1cc(-c2ccn(-c3ccccc3)n2)n2ccccc12. The fourth-order valence-electron chi connectivity index (χ4n) is 3.39. The number of para-hydroxylation sites is 1. The van der Waals surface area contributed by atoms with Crippen molar-refractivity contribution in [1.82, 2.24) is 19.5 Å². The van der Waals surface area contributed by atoms with Gasteiger partial charge in [0, 0.05) is 18.9 Å². The summed E-state index contributed by atoms with van der Waals surface area (Å²) in [5.74, 6) is -0.0892. The quantitative estimate of drug-likeness (QED) is 0.463. The topological polar surface area (TPSA) is 51.3 Å². The van der Waals surface area contributed by atoms with Gasteiger partial charge < -0.3 is 9.72 Å². The summed E-state index contributed by atoms with van der Waals surface area (Å²) in [6.45, 7) is 0.518. The van der Waals surface area contributed by atoms with E-state index in [9.17, 15) is 4.79 Å². The fraction of sp³-hybridized carbons (Fsp3) is 0.0435. The Labute approximate surface area is 171 Å². The number of amides is 1. The van der Waals surface area contributed by atoms with Gasteiger partial charge >= 0.3 is 0 Å². The molecule has 142 valence electrons. The summed E-state index contributed by atoms with van der Waals surface area (Å²) in [4.78, 5) is 12.9. The number of fused-ring (bicyclic) bond motifs is 1. The van der Waals surface area contributed by atoms with Gasteiger partial charge in [0.25, 0.3) is 5.91 Å². The van der Waals surface area contributed by atoms with E-state index in [0.717, 1.165) is 28.2 Å². The maximum Gasteiger partial charge on any atom is 0.253 e. The van der Waals surface area contributed by atoms with Gasteiger partial charge in [0.15, 0.2) is 0 Å². The molecule has 4 heterocycles. The first-order chi connectivity index (χ1) is 14.3. The Morgan fingerprint density at radius 3 is 2.69 bits per heavy atom. The van der Waals surface area contributed by atoms with Crippen LogP contribution in [0.4, 0.5) is 0 Å². The Hall–Kier alpha value is -3.64. The maximum atomic E-state index is 12.9. The molecule has 0 spiro atoms. The number of hydrogen-bond acceptors (Lipinski definition) is 3. The summed E-state index contributed by atoms with van der Waals surface area (Å²) in [5.41, 5.74) is 5.30. The molecule has 0 bridgehead atoms. The smallest absolute Gasteiger partial charge is 0.253 e. The molecule has 0 saturated carbocycles. The second-order valence-electron chi connectivity index (χ2n) is 6.69. The highest BCUT2D eigenvalue weighted by Gasteiger charge is 2.17. The summed E-state index contributed by atoms with van der Waals surface area (Å²) >= 11 is 1.63. The molecule has 0 aliphatic heterocycles. The molecule has 1 N–H and O–H groups in total. The van der Waals surface area contributed by atoms with E-state index in [1.807, 2.05) is 99.0 Å². The van der Waals surface area contributed by atoms with Crippen LogP contribution in [0.5, 0.6) is 0 Å². The summed E-state index contributed by atoms with van der Waals surface area (Å²) in [5, 5.41) is 11.8. The molecule has 0 fully saturated rings. The predicted molar refractivity (Wildman–Crippen MR) is 115 cm³/mol. The van der Waals surface area contributed by atoms with Crippen LogP contribution in [0.1, 0.15) is 15.9 Å². The van der Waals surface area contributed by atoms with E-state index in [-0.39, 0.29) is 5.91 Å². The van der Waals surface area contributed by atoms with Crippen molar-refractivity contribution in [3.63, 3.8) is 0 Å². The van der Waals surface area contributed by atoms with Crippen molar-refractivity contribution in [3.05, 3.63) is 101 Å². The Balaban J connectivity index is 1.50. The molecule has 5 aromatic rings. The zero-order valence-electron chi connectivity index (χ0n) is 15.5. The Bertz CT molecular complexity index is 1270. The van der Waals surface area contributed by atoms with Crippen LogP contribution in [-0.4, -0.2) is 20.1 Å². The molecule has 0 atom stereocenters. The van der Waals surface area contributed by atoms with Crippen molar-refractivity contribution in [2.24, 2.45) is 0 Å². The number of carbonyl (C=O) groups is 1. The minimum Gasteiger partial charge on any atom is -0.348 e. The van der Waals surface area contributed by atoms with E-state index in [1.54, 1.807) is 11.3 Å². The number of nitrogens with one attached hydrogen (secondary N) is 1. The molecule has 0 aliphatic rings. The van der Waals surface area contributed by atoms with Gasteiger partial charge in [-0.05, 0) is 58.8 Å². The number of aromatic nitrogens is 3. The number of pyridine rings is 1. The van der Waals surface area contributed by atoms with Crippen molar-refractivity contribution in [2.75, 3.05) is 0 Å². The summed E-state index contributed by atoms with van der Waals surface area (Å²) in [6, 6.07) is 21.7. The summed E-state index contributed by atoms with van der Waals surface area (Å²) in [6.07, 6.45) is 3.89. The van der Waals surface area contributed by atoms with Crippen LogP contribution in [0.2, 0.25) is 0 Å². The Morgan fingerprint density at radius 2 is 1.86 bits per heavy atom. The summed E-state index contributed by atoms with van der Waals surface area (Å²) < 4.78 is 3.85. The molecular weight excluding hydrogens is 380 g/mol. The van der Waals surface area contributed by atoms with Crippen molar-refractivity contribution in [1.29, 1.82) is 0 Å². The Morgan fingerprint density at radius 1 is 1.00 bits per heavy atom. The first-order valence-corrected chi connectivity index (χ1v) is 10.2. The molecule has 5 nitrogen and oxygen atoms in total. The lowest BCUT2D eigenvalue weighted by Crippen LogP contribution is -2.22. The molecule has 29 heavy (non-hydrogen) atoms. The highest BCUT2D eigenvalue weighted by molar-refractivity contribution is 7.07. The van der Waals surface area contributed by atoms with E-state index in [4.69, 9.17) is 5.10 Å². The van der Waals surface area contributed by atoms with Gasteiger partial charge in [0.2, 0.25) is 0 Å². The normalized spacial score (nSPS) is 11.0. The van der Waals surface area contributed by atoms with Crippen LogP contribution in [-0.2, 0) is 6.54 Å². The van der Waals surface area contributed by atoms with Gasteiger partial charge in [0.1, 0.15) is 5.69 Å². The van der Waals surface area contributed by atoms with Gasteiger partial charge in [-0.1, -0.05) is 24.3 Å². The lowest BCUT2D eigenvalue weighted by Gasteiger charge is -2.03. The number of rotatable bonds is 5. The second kappa shape index (κ2) is 7.41. The minimum atomic E-state index is -0.0892. The number of carbonyl (C=O) groups excluding carboxylic acids is 1. The third-order valence-electron chi connectivity index (χ3n) is 4.83. The average Bonchev–Trinajstić information content (AvgIpc) is 3.52. The van der Waals surface area contributed by atoms with Gasteiger partial charge in [0.05, 0.1) is 22.5 Å². The van der Waals surface area contributed by atoms with Crippen LogP contribution in [0.15, 0.2) is 89.9 Å². The first kappa shape index (κ1) is 17.5. The van der Waals surface area contributed by atoms with E-state index in [0.29, 0.717) is 12.1 Å². The zero-order valence-corrected chi connectivity index (χ0v) is 16.3. The number of thiophene rings is 1. The largest absolute Gasteiger partial charge is 0.348 e. The van der Waals surface area contributed by atoms with Gasteiger partial charge in [-0.15, -0.1) is 0 Å². The molecule has 0 unspecified atom stereocenters. The van der Waals surface area contributed by atoms with Crippen LogP contribution >= 0.6 is 11.3 Å². The first-order valence-electron chi connectivity index (χ1n) is 9.30. The second-order valence-corrected chi connectivity index (χ2v) is 7.47. The molecule has 5 rings (SSSR count). The minimum absolute atomic E-state index is 0.0892.